The lowest BCUT2D eigenvalue weighted by molar-refractivity contribution is -0.890. The Morgan fingerprint density at radius 1 is 0.409 bits per heavy atom. The van der Waals surface area contributed by atoms with Crippen LogP contribution in [0, 0.1) is 0 Å². The third kappa shape index (κ3) is 13.6. The topological polar surface area (TPSA) is 0 Å². The molecule has 0 aliphatic heterocycles. The van der Waals surface area contributed by atoms with E-state index in [1.165, 1.54) is 99.4 Å². The van der Waals surface area contributed by atoms with Crippen LogP contribution in [0.4, 0.5) is 0 Å². The normalized spacial score (nSPS) is 12.8. The monoisotopic (exact) mass is 314 g/mol. The molecule has 0 aliphatic rings. The van der Waals surface area contributed by atoms with Gasteiger partial charge < -0.3 is 8.97 Å². The zero-order valence-corrected chi connectivity index (χ0v) is 16.8. The highest BCUT2D eigenvalue weighted by atomic mass is 15.3. The van der Waals surface area contributed by atoms with Crippen LogP contribution in [0.15, 0.2) is 0 Å². The van der Waals surface area contributed by atoms with Gasteiger partial charge in [0.2, 0.25) is 0 Å². The standard InChI is InChI=1S/C20H46N2/c1-7-17-21(3,4)19-15-13-11-9-10-12-14-16-20-22(5,6)18-8-2/h7-20H2,1-6H3/q+2. The summed E-state index contributed by atoms with van der Waals surface area (Å²) in [6.45, 7) is 9.96. The predicted octanol–water partition coefficient (Wildman–Crippen LogP) is 5.08. The number of nitrogens with zero attached hydrogens (tertiary/aromatic N) is 2. The minimum atomic E-state index is 1.21. The van der Waals surface area contributed by atoms with Crippen LogP contribution < -0.4 is 0 Å². The summed E-state index contributed by atoms with van der Waals surface area (Å²) in [6, 6.07) is 0. The van der Waals surface area contributed by atoms with Gasteiger partial charge in [-0.25, -0.2) is 0 Å². The number of hydrogen-bond donors (Lipinski definition) is 0. The SMILES string of the molecule is CCC[N+](C)(C)CCCCCCCCCC[N+](C)(C)CCC. The summed E-state index contributed by atoms with van der Waals surface area (Å²) in [5.41, 5.74) is 0. The van der Waals surface area contributed by atoms with Crippen molar-refractivity contribution in [2.75, 3.05) is 54.4 Å². The van der Waals surface area contributed by atoms with Crippen LogP contribution in [0.25, 0.3) is 0 Å². The molecule has 0 rings (SSSR count). The van der Waals surface area contributed by atoms with Crippen molar-refractivity contribution in [2.24, 2.45) is 0 Å². The highest BCUT2D eigenvalue weighted by Crippen LogP contribution is 2.12. The molecular formula is C20H46N2+2. The molecule has 0 atom stereocenters. The summed E-state index contributed by atoms with van der Waals surface area (Å²) < 4.78 is 2.42. The Morgan fingerprint density at radius 2 is 0.682 bits per heavy atom. The molecule has 0 aromatic rings. The minimum Gasteiger partial charge on any atom is -0.328 e. The molecule has 134 valence electrons. The van der Waals surface area contributed by atoms with Gasteiger partial charge in [-0.2, -0.15) is 0 Å². The summed E-state index contributed by atoms with van der Waals surface area (Å²) >= 11 is 0. The maximum absolute atomic E-state index is 2.38. The second-order valence-electron chi connectivity index (χ2n) is 8.59. The molecule has 0 spiro atoms. The fraction of sp³-hybridized carbons (Fsp3) is 1.00. The molecule has 0 radical (unpaired) electrons. The number of rotatable bonds is 15. The average molecular weight is 315 g/mol. The van der Waals surface area contributed by atoms with E-state index in [0.717, 1.165) is 0 Å². The summed E-state index contributed by atoms with van der Waals surface area (Å²) in [5.74, 6) is 0. The zero-order chi connectivity index (χ0) is 16.9. The first-order valence-corrected chi connectivity index (χ1v) is 9.97. The van der Waals surface area contributed by atoms with E-state index in [1.807, 2.05) is 0 Å². The van der Waals surface area contributed by atoms with E-state index in [1.54, 1.807) is 0 Å². The van der Waals surface area contributed by atoms with Gasteiger partial charge in [-0.05, 0) is 38.5 Å². The Labute approximate surface area is 142 Å². The number of hydrogen-bond acceptors (Lipinski definition) is 0. The van der Waals surface area contributed by atoms with Crippen molar-refractivity contribution in [3.63, 3.8) is 0 Å². The van der Waals surface area contributed by atoms with Gasteiger partial charge in [0.25, 0.3) is 0 Å². The molecule has 0 amide bonds. The second-order valence-corrected chi connectivity index (χ2v) is 8.59. The lowest BCUT2D eigenvalue weighted by Gasteiger charge is -2.29. The summed E-state index contributed by atoms with van der Waals surface area (Å²) in [5, 5.41) is 0. The van der Waals surface area contributed by atoms with Gasteiger partial charge in [0.1, 0.15) is 0 Å². The Hall–Kier alpha value is -0.0800. The predicted molar refractivity (Wildman–Crippen MR) is 101 cm³/mol. The maximum atomic E-state index is 2.38. The summed E-state index contributed by atoms with van der Waals surface area (Å²) in [4.78, 5) is 0. The highest BCUT2D eigenvalue weighted by molar-refractivity contribution is 4.48. The molecule has 22 heavy (non-hydrogen) atoms. The van der Waals surface area contributed by atoms with Crippen LogP contribution in [0.3, 0.4) is 0 Å². The number of quaternary nitrogens is 2. The quantitative estimate of drug-likeness (QED) is 0.292. The van der Waals surface area contributed by atoms with Crippen LogP contribution >= 0.6 is 0 Å². The Morgan fingerprint density at radius 3 is 0.955 bits per heavy atom. The van der Waals surface area contributed by atoms with Crippen LogP contribution in [0.5, 0.6) is 0 Å². The molecule has 2 heteroatoms. The van der Waals surface area contributed by atoms with Gasteiger partial charge in [0.05, 0.1) is 54.4 Å². The highest BCUT2D eigenvalue weighted by Gasteiger charge is 2.13. The van der Waals surface area contributed by atoms with Crippen molar-refractivity contribution in [3.05, 3.63) is 0 Å². The van der Waals surface area contributed by atoms with Gasteiger partial charge in [-0.3, -0.25) is 0 Å². The smallest absolute Gasteiger partial charge is 0.0782 e. The molecule has 0 aromatic heterocycles. The molecule has 0 fully saturated rings. The van der Waals surface area contributed by atoms with Crippen molar-refractivity contribution in [1.29, 1.82) is 0 Å². The summed E-state index contributed by atoms with van der Waals surface area (Å²) in [6.07, 6.45) is 14.1. The van der Waals surface area contributed by atoms with Crippen LogP contribution in [-0.4, -0.2) is 63.3 Å². The van der Waals surface area contributed by atoms with Crippen molar-refractivity contribution in [2.45, 2.75) is 78.1 Å². The first-order chi connectivity index (χ1) is 10.3. The first kappa shape index (κ1) is 21.9. The first-order valence-electron chi connectivity index (χ1n) is 9.97. The molecular weight excluding hydrogens is 268 g/mol. The van der Waals surface area contributed by atoms with E-state index in [0.29, 0.717) is 0 Å². The van der Waals surface area contributed by atoms with Crippen molar-refractivity contribution >= 4 is 0 Å². The number of unbranched alkanes of at least 4 members (excludes halogenated alkanes) is 7. The molecule has 0 N–H and O–H groups in total. The Kier molecular flexibility index (Phi) is 12.3. The molecule has 0 saturated carbocycles. The Bertz CT molecular complexity index is 220. The van der Waals surface area contributed by atoms with E-state index < -0.39 is 0 Å². The van der Waals surface area contributed by atoms with E-state index in [9.17, 15) is 0 Å². The minimum absolute atomic E-state index is 1.21. The molecule has 0 bridgehead atoms. The molecule has 0 aliphatic carbocycles. The Balaban J connectivity index is 3.34. The molecule has 2 nitrogen and oxygen atoms in total. The van der Waals surface area contributed by atoms with Crippen molar-refractivity contribution in [1.82, 2.24) is 0 Å². The third-order valence-corrected chi connectivity index (χ3v) is 4.93. The molecule has 0 saturated heterocycles. The fourth-order valence-electron chi connectivity index (χ4n) is 3.57. The fourth-order valence-corrected chi connectivity index (χ4v) is 3.57. The van der Waals surface area contributed by atoms with Gasteiger partial charge >= 0.3 is 0 Å². The van der Waals surface area contributed by atoms with E-state index in [2.05, 4.69) is 42.0 Å². The van der Waals surface area contributed by atoms with Gasteiger partial charge in [0.15, 0.2) is 0 Å². The van der Waals surface area contributed by atoms with Crippen molar-refractivity contribution in [3.8, 4) is 0 Å². The molecule has 0 heterocycles. The lowest BCUT2D eigenvalue weighted by Crippen LogP contribution is -2.40. The average Bonchev–Trinajstić information content (AvgIpc) is 2.40. The third-order valence-electron chi connectivity index (χ3n) is 4.93. The van der Waals surface area contributed by atoms with Crippen molar-refractivity contribution < 1.29 is 8.97 Å². The van der Waals surface area contributed by atoms with Gasteiger partial charge in [0, 0.05) is 0 Å². The van der Waals surface area contributed by atoms with Gasteiger partial charge in [-0.15, -0.1) is 0 Å². The van der Waals surface area contributed by atoms with E-state index in [-0.39, 0.29) is 0 Å². The van der Waals surface area contributed by atoms with Crippen LogP contribution in [0.2, 0.25) is 0 Å². The largest absolute Gasteiger partial charge is 0.328 e. The molecule has 0 aromatic carbocycles. The summed E-state index contributed by atoms with van der Waals surface area (Å²) in [7, 11) is 9.51. The van der Waals surface area contributed by atoms with E-state index in [4.69, 9.17) is 0 Å². The van der Waals surface area contributed by atoms with Crippen LogP contribution in [-0.2, 0) is 0 Å². The van der Waals surface area contributed by atoms with Crippen LogP contribution in [0.1, 0.15) is 78.1 Å². The maximum Gasteiger partial charge on any atom is 0.0782 e. The molecule has 0 unspecified atom stereocenters. The van der Waals surface area contributed by atoms with Gasteiger partial charge in [-0.1, -0.05) is 39.5 Å². The zero-order valence-electron chi connectivity index (χ0n) is 16.8. The second kappa shape index (κ2) is 12.4. The lowest BCUT2D eigenvalue weighted by atomic mass is 10.1. The van der Waals surface area contributed by atoms with E-state index >= 15 is 0 Å².